The highest BCUT2D eigenvalue weighted by molar-refractivity contribution is 5.73. The van der Waals surface area contributed by atoms with Crippen LogP contribution in [0.1, 0.15) is 6.92 Å². The first-order valence-electron chi connectivity index (χ1n) is 12.5. The molecule has 0 aromatic heterocycles. The Bertz CT molecular complexity index is 780. The Hall–Kier alpha value is -1.13. The fourth-order valence-corrected chi connectivity index (χ4v) is 5.01. The summed E-state index contributed by atoms with van der Waals surface area (Å²) in [5.41, 5.74) is 12.2. The number of carbonyl (C=O) groups excluding carboxylic acids is 1. The minimum absolute atomic E-state index is 0.485. The van der Waals surface area contributed by atoms with Crippen LogP contribution < -0.4 is 16.8 Å². The van der Waals surface area contributed by atoms with Crippen molar-refractivity contribution in [1.29, 1.82) is 0 Å². The van der Waals surface area contributed by atoms with Crippen molar-refractivity contribution < 1.29 is 68.6 Å². The average Bonchev–Trinajstić information content (AvgIpc) is 2.92. The average molecular weight is 572 g/mol. The van der Waals surface area contributed by atoms with Crippen molar-refractivity contribution in [1.82, 2.24) is 5.32 Å². The molecule has 3 heterocycles. The number of methoxy groups -OCH3 is 2. The van der Waals surface area contributed by atoms with E-state index in [1.54, 1.807) is 0 Å². The normalized spacial score (nSPS) is 47.1. The molecule has 3 rings (SSSR count). The van der Waals surface area contributed by atoms with Crippen molar-refractivity contribution in [3.63, 3.8) is 0 Å². The van der Waals surface area contributed by atoms with E-state index in [0.29, 0.717) is 0 Å². The monoisotopic (exact) mass is 571 g/mol. The first-order chi connectivity index (χ1) is 18.5. The molecular formula is C22H41N3O14. The zero-order valence-electron chi connectivity index (χ0n) is 21.9. The first kappa shape index (κ1) is 32.4. The van der Waals surface area contributed by atoms with Gasteiger partial charge in [0, 0.05) is 21.1 Å². The third kappa shape index (κ3) is 6.85. The van der Waals surface area contributed by atoms with Crippen molar-refractivity contribution >= 4 is 5.91 Å². The van der Waals surface area contributed by atoms with Gasteiger partial charge in [-0.1, -0.05) is 0 Å². The predicted molar refractivity (Wildman–Crippen MR) is 126 cm³/mol. The molecule has 15 atom stereocenters. The summed E-state index contributed by atoms with van der Waals surface area (Å²) in [7, 11) is 2.61. The molecule has 39 heavy (non-hydrogen) atoms. The number of nitrogens with one attached hydrogen (secondary N) is 1. The molecule has 3 aliphatic rings. The van der Waals surface area contributed by atoms with E-state index in [4.69, 9.17) is 44.6 Å². The molecule has 17 heteroatoms. The van der Waals surface area contributed by atoms with Gasteiger partial charge in [0.05, 0.1) is 31.9 Å². The summed E-state index contributed by atoms with van der Waals surface area (Å²) in [6.07, 6.45) is -15.1. The predicted octanol–water partition coefficient (Wildman–Crippen LogP) is -6.19. The summed E-state index contributed by atoms with van der Waals surface area (Å²) >= 11 is 0. The first-order valence-corrected chi connectivity index (χ1v) is 12.5. The van der Waals surface area contributed by atoms with Crippen LogP contribution in [0.5, 0.6) is 0 Å². The van der Waals surface area contributed by atoms with Crippen LogP contribution in [0.3, 0.4) is 0 Å². The van der Waals surface area contributed by atoms with E-state index in [-0.39, 0.29) is 0 Å². The number of ether oxygens (including phenoxy) is 7. The molecule has 17 nitrogen and oxygen atoms in total. The molecule has 0 bridgehead atoms. The van der Waals surface area contributed by atoms with Crippen molar-refractivity contribution in [2.75, 3.05) is 34.0 Å². The summed E-state index contributed by atoms with van der Waals surface area (Å²) in [5, 5.41) is 64.4. The second-order valence-corrected chi connectivity index (χ2v) is 9.67. The molecule has 228 valence electrons. The fraction of sp³-hybridized carbons (Fsp3) is 0.955. The standard InChI is InChI=1S/C22H41N3O14/c1-7(29)25-13-16(32)19(10(6-28)37-22(13)34-3)39-21-12(24)15(31)18(9(5-27)36-21)38-20-11(23)14(30)17(33-2)8(4-26)35-20/h8-22,26-28,30-32H,4-6,23-24H2,1-3H3,(H,25,29). The van der Waals surface area contributed by atoms with E-state index < -0.39 is 118 Å². The third-order valence-electron chi connectivity index (χ3n) is 7.11. The van der Waals surface area contributed by atoms with Crippen LogP contribution in [0.15, 0.2) is 0 Å². The highest BCUT2D eigenvalue weighted by atomic mass is 16.7. The number of aliphatic hydroxyl groups excluding tert-OH is 6. The highest BCUT2D eigenvalue weighted by Gasteiger charge is 2.53. The zero-order valence-corrected chi connectivity index (χ0v) is 21.9. The molecule has 3 saturated heterocycles. The van der Waals surface area contributed by atoms with E-state index in [1.807, 2.05) is 0 Å². The van der Waals surface area contributed by atoms with Gasteiger partial charge in [-0.25, -0.2) is 0 Å². The van der Waals surface area contributed by atoms with Gasteiger partial charge < -0.3 is 80.6 Å². The van der Waals surface area contributed by atoms with Crippen LogP contribution in [-0.2, 0) is 38.0 Å². The SMILES string of the molecule is COC1OC(CO)C(OC2OC(CO)C(OC3OC(CO)C(OC)C(O)C3N)C(O)C2N)C(O)C1NC(C)=O. The number of hydrogen-bond donors (Lipinski definition) is 9. The van der Waals surface area contributed by atoms with Crippen LogP contribution >= 0.6 is 0 Å². The summed E-state index contributed by atoms with van der Waals surface area (Å²) in [6.45, 7) is -0.584. The minimum Gasteiger partial charge on any atom is -0.394 e. The van der Waals surface area contributed by atoms with E-state index in [0.717, 1.165) is 0 Å². The van der Waals surface area contributed by atoms with Gasteiger partial charge in [-0.05, 0) is 0 Å². The molecule has 0 radical (unpaired) electrons. The maximum Gasteiger partial charge on any atom is 0.217 e. The number of rotatable bonds is 10. The molecule has 0 saturated carbocycles. The van der Waals surface area contributed by atoms with Gasteiger partial charge >= 0.3 is 0 Å². The Morgan fingerprint density at radius 3 is 1.54 bits per heavy atom. The van der Waals surface area contributed by atoms with E-state index in [9.17, 15) is 35.4 Å². The number of aliphatic hydroxyl groups is 6. The van der Waals surface area contributed by atoms with E-state index in [1.165, 1.54) is 21.1 Å². The van der Waals surface area contributed by atoms with E-state index >= 15 is 0 Å². The second kappa shape index (κ2) is 14.2. The van der Waals surface area contributed by atoms with Crippen LogP contribution in [0.25, 0.3) is 0 Å². The van der Waals surface area contributed by atoms with Crippen LogP contribution in [0, 0.1) is 0 Å². The molecule has 0 aromatic rings. The highest BCUT2D eigenvalue weighted by Crippen LogP contribution is 2.32. The van der Waals surface area contributed by atoms with Gasteiger partial charge in [0.1, 0.15) is 61.0 Å². The van der Waals surface area contributed by atoms with Crippen LogP contribution in [0.2, 0.25) is 0 Å². The zero-order chi connectivity index (χ0) is 29.0. The Morgan fingerprint density at radius 2 is 1.13 bits per heavy atom. The van der Waals surface area contributed by atoms with Gasteiger partial charge in [0.25, 0.3) is 0 Å². The van der Waals surface area contributed by atoms with Gasteiger partial charge in [-0.3, -0.25) is 4.79 Å². The molecule has 11 N–H and O–H groups in total. The molecule has 15 unspecified atom stereocenters. The summed E-state index contributed by atoms with van der Waals surface area (Å²) < 4.78 is 39.0. The smallest absolute Gasteiger partial charge is 0.217 e. The molecule has 0 aliphatic carbocycles. The van der Waals surface area contributed by atoms with Crippen molar-refractivity contribution in [3.8, 4) is 0 Å². The maximum atomic E-state index is 11.7. The lowest BCUT2D eigenvalue weighted by Crippen LogP contribution is -2.70. The Morgan fingerprint density at radius 1 is 0.718 bits per heavy atom. The van der Waals surface area contributed by atoms with Gasteiger partial charge in [0.15, 0.2) is 18.9 Å². The number of carbonyl (C=O) groups is 1. The lowest BCUT2D eigenvalue weighted by molar-refractivity contribution is -0.350. The number of hydrogen-bond acceptors (Lipinski definition) is 16. The Balaban J connectivity index is 1.75. The topological polar surface area (TPSA) is 267 Å². The molecule has 3 fully saturated rings. The third-order valence-corrected chi connectivity index (χ3v) is 7.11. The lowest BCUT2D eigenvalue weighted by Gasteiger charge is -2.49. The summed E-state index contributed by atoms with van der Waals surface area (Å²) in [6, 6.07) is -3.57. The van der Waals surface area contributed by atoms with Crippen molar-refractivity contribution in [2.24, 2.45) is 11.5 Å². The lowest BCUT2D eigenvalue weighted by atomic mass is 9.94. The Labute approximate surface area is 224 Å². The van der Waals surface area contributed by atoms with Crippen molar-refractivity contribution in [3.05, 3.63) is 0 Å². The largest absolute Gasteiger partial charge is 0.394 e. The minimum atomic E-state index is -1.55. The quantitative estimate of drug-likeness (QED) is 0.118. The van der Waals surface area contributed by atoms with Gasteiger partial charge in [0.2, 0.25) is 5.91 Å². The molecular weight excluding hydrogens is 530 g/mol. The number of nitrogens with two attached hydrogens (primary N) is 2. The van der Waals surface area contributed by atoms with Gasteiger partial charge in [-0.15, -0.1) is 0 Å². The Kier molecular flexibility index (Phi) is 11.8. The molecule has 0 aromatic carbocycles. The number of amides is 1. The summed E-state index contributed by atoms with van der Waals surface area (Å²) in [4.78, 5) is 11.7. The molecule has 0 spiro atoms. The van der Waals surface area contributed by atoms with Crippen LogP contribution in [0.4, 0.5) is 0 Å². The fourth-order valence-electron chi connectivity index (χ4n) is 5.01. The van der Waals surface area contributed by atoms with Crippen LogP contribution in [-0.4, -0.2) is 163 Å². The maximum absolute atomic E-state index is 11.7. The molecule has 3 aliphatic heterocycles. The second-order valence-electron chi connectivity index (χ2n) is 9.67. The van der Waals surface area contributed by atoms with Gasteiger partial charge in [-0.2, -0.15) is 0 Å². The van der Waals surface area contributed by atoms with E-state index in [2.05, 4.69) is 5.32 Å². The van der Waals surface area contributed by atoms with Crippen molar-refractivity contribution in [2.45, 2.75) is 98.9 Å². The summed E-state index contributed by atoms with van der Waals surface area (Å²) in [5.74, 6) is -0.485. The molecule has 1 amide bonds.